The molecule has 1 saturated heterocycles. The molecule has 0 spiro atoms. The Morgan fingerprint density at radius 1 is 1.41 bits per heavy atom. The summed E-state index contributed by atoms with van der Waals surface area (Å²) in [5.74, 6) is 0.124. The van der Waals surface area contributed by atoms with Crippen molar-refractivity contribution < 1.29 is 4.79 Å². The Bertz CT molecular complexity index is 461. The van der Waals surface area contributed by atoms with Crippen LogP contribution in [0.2, 0.25) is 0 Å². The molecule has 0 aromatic carbocycles. The third-order valence-electron chi connectivity index (χ3n) is 3.06. The molecule has 1 aromatic heterocycles. The Morgan fingerprint density at radius 2 is 2.12 bits per heavy atom. The van der Waals surface area contributed by atoms with E-state index in [1.165, 1.54) is 10.6 Å². The summed E-state index contributed by atoms with van der Waals surface area (Å²) in [5.41, 5.74) is 0.598. The van der Waals surface area contributed by atoms with Gasteiger partial charge in [-0.15, -0.1) is 0 Å². The monoisotopic (exact) mass is 235 g/mol. The van der Waals surface area contributed by atoms with Gasteiger partial charge >= 0.3 is 0 Å². The Balaban J connectivity index is 2.02. The topological polar surface area (TPSA) is 63.1 Å². The van der Waals surface area contributed by atoms with Crippen molar-refractivity contribution in [2.45, 2.75) is 12.8 Å². The molecule has 1 aliphatic rings. The van der Waals surface area contributed by atoms with Gasteiger partial charge in [0.1, 0.15) is 0 Å². The summed E-state index contributed by atoms with van der Waals surface area (Å²) in [6, 6.07) is 3.10. The van der Waals surface area contributed by atoms with Gasteiger partial charge in [-0.3, -0.25) is 9.59 Å². The quantitative estimate of drug-likeness (QED) is 0.776. The number of rotatable bonds is 2. The highest BCUT2D eigenvalue weighted by molar-refractivity contribution is 5.92. The van der Waals surface area contributed by atoms with E-state index in [0.717, 1.165) is 25.9 Å². The Hall–Kier alpha value is -1.62. The minimum absolute atomic E-state index is 0.0464. The molecule has 0 aliphatic carbocycles. The summed E-state index contributed by atoms with van der Waals surface area (Å²) < 4.78 is 1.46. The molecule has 0 bridgehead atoms. The summed E-state index contributed by atoms with van der Waals surface area (Å²) in [6.07, 6.45) is 3.39. The number of anilines is 1. The van der Waals surface area contributed by atoms with E-state index in [9.17, 15) is 9.59 Å². The zero-order valence-corrected chi connectivity index (χ0v) is 9.90. The van der Waals surface area contributed by atoms with Crippen LogP contribution in [0.25, 0.3) is 0 Å². The largest absolute Gasteiger partial charge is 0.325 e. The van der Waals surface area contributed by atoms with E-state index in [2.05, 4.69) is 10.6 Å². The molecule has 0 atom stereocenters. The van der Waals surface area contributed by atoms with Crippen LogP contribution in [0, 0.1) is 5.92 Å². The Kier molecular flexibility index (Phi) is 3.58. The Morgan fingerprint density at radius 3 is 2.76 bits per heavy atom. The van der Waals surface area contributed by atoms with Crippen LogP contribution in [0.5, 0.6) is 0 Å². The number of nitrogens with one attached hydrogen (secondary N) is 2. The minimum atomic E-state index is -0.0788. The van der Waals surface area contributed by atoms with Gasteiger partial charge in [-0.05, 0) is 32.0 Å². The fourth-order valence-corrected chi connectivity index (χ4v) is 2.00. The van der Waals surface area contributed by atoms with Crippen molar-refractivity contribution in [2.75, 3.05) is 18.4 Å². The predicted octanol–water partition coefficient (Wildman–Crippen LogP) is 0.323. The van der Waals surface area contributed by atoms with Crippen LogP contribution in [0.4, 0.5) is 5.69 Å². The van der Waals surface area contributed by atoms with Crippen LogP contribution >= 0.6 is 0 Å². The second-order valence-corrected chi connectivity index (χ2v) is 4.38. The number of pyridine rings is 1. The molecular formula is C12H17N3O2. The number of carbonyl (C=O) groups excluding carboxylic acids is 1. The van der Waals surface area contributed by atoms with E-state index in [0.29, 0.717) is 5.69 Å². The van der Waals surface area contributed by atoms with Crippen LogP contribution in [0.15, 0.2) is 23.1 Å². The molecule has 2 rings (SSSR count). The van der Waals surface area contributed by atoms with Gasteiger partial charge in [-0.2, -0.15) is 0 Å². The van der Waals surface area contributed by atoms with Gasteiger partial charge in [-0.25, -0.2) is 0 Å². The standard InChI is InChI=1S/C12H17N3O2/c1-15-8-10(2-3-11(15)16)14-12(17)9-4-6-13-7-5-9/h2-3,8-9,13H,4-7H2,1H3,(H,14,17). The van der Waals surface area contributed by atoms with Crippen LogP contribution in [-0.2, 0) is 11.8 Å². The lowest BCUT2D eigenvalue weighted by Gasteiger charge is -2.21. The van der Waals surface area contributed by atoms with Crippen molar-refractivity contribution in [2.24, 2.45) is 13.0 Å². The average Bonchev–Trinajstić information content (AvgIpc) is 2.35. The number of carbonyl (C=O) groups is 1. The van der Waals surface area contributed by atoms with Crippen molar-refractivity contribution in [3.05, 3.63) is 28.7 Å². The summed E-state index contributed by atoms with van der Waals surface area (Å²) >= 11 is 0. The highest BCUT2D eigenvalue weighted by Gasteiger charge is 2.20. The second-order valence-electron chi connectivity index (χ2n) is 4.38. The average molecular weight is 235 g/mol. The van der Waals surface area contributed by atoms with Crippen molar-refractivity contribution in [3.63, 3.8) is 0 Å². The molecule has 2 N–H and O–H groups in total. The molecule has 0 unspecified atom stereocenters. The van der Waals surface area contributed by atoms with Gasteiger partial charge in [-0.1, -0.05) is 0 Å². The fourth-order valence-electron chi connectivity index (χ4n) is 2.00. The van der Waals surface area contributed by atoms with Gasteiger partial charge in [0.2, 0.25) is 11.5 Å². The number of amides is 1. The van der Waals surface area contributed by atoms with Crippen molar-refractivity contribution >= 4 is 11.6 Å². The fraction of sp³-hybridized carbons (Fsp3) is 0.500. The molecule has 1 aliphatic heterocycles. The predicted molar refractivity (Wildman–Crippen MR) is 65.9 cm³/mol. The van der Waals surface area contributed by atoms with Gasteiger partial charge in [0.05, 0.1) is 5.69 Å². The van der Waals surface area contributed by atoms with Gasteiger partial charge in [0.15, 0.2) is 0 Å². The highest BCUT2D eigenvalue weighted by Crippen LogP contribution is 2.14. The number of nitrogens with zero attached hydrogens (tertiary/aromatic N) is 1. The van der Waals surface area contributed by atoms with Gasteiger partial charge in [0.25, 0.3) is 0 Å². The van der Waals surface area contributed by atoms with Crippen LogP contribution in [0.3, 0.4) is 0 Å². The van der Waals surface area contributed by atoms with Crippen LogP contribution < -0.4 is 16.2 Å². The number of hydrogen-bond acceptors (Lipinski definition) is 3. The first-order valence-electron chi connectivity index (χ1n) is 5.85. The zero-order chi connectivity index (χ0) is 12.3. The smallest absolute Gasteiger partial charge is 0.250 e. The lowest BCUT2D eigenvalue weighted by Crippen LogP contribution is -2.34. The summed E-state index contributed by atoms with van der Waals surface area (Å²) in [5, 5.41) is 6.08. The molecule has 1 fully saturated rings. The molecule has 5 heteroatoms. The lowest BCUT2D eigenvalue weighted by molar-refractivity contribution is -0.120. The number of aromatic nitrogens is 1. The summed E-state index contributed by atoms with van der Waals surface area (Å²) in [4.78, 5) is 23.1. The zero-order valence-electron chi connectivity index (χ0n) is 9.90. The van der Waals surface area contributed by atoms with Crippen molar-refractivity contribution in [1.29, 1.82) is 0 Å². The van der Waals surface area contributed by atoms with Crippen molar-refractivity contribution in [3.8, 4) is 0 Å². The first-order chi connectivity index (χ1) is 8.16. The first kappa shape index (κ1) is 11.9. The molecule has 17 heavy (non-hydrogen) atoms. The number of piperidine rings is 1. The minimum Gasteiger partial charge on any atom is -0.325 e. The molecule has 0 radical (unpaired) electrons. The summed E-state index contributed by atoms with van der Waals surface area (Å²) in [7, 11) is 1.67. The highest BCUT2D eigenvalue weighted by atomic mass is 16.2. The molecule has 0 saturated carbocycles. The van der Waals surface area contributed by atoms with Gasteiger partial charge in [0, 0.05) is 25.2 Å². The maximum Gasteiger partial charge on any atom is 0.250 e. The van der Waals surface area contributed by atoms with Crippen LogP contribution in [0.1, 0.15) is 12.8 Å². The van der Waals surface area contributed by atoms with E-state index < -0.39 is 0 Å². The maximum atomic E-state index is 11.9. The molecule has 2 heterocycles. The van der Waals surface area contributed by atoms with E-state index >= 15 is 0 Å². The molecular weight excluding hydrogens is 218 g/mol. The van der Waals surface area contributed by atoms with E-state index in [-0.39, 0.29) is 17.4 Å². The van der Waals surface area contributed by atoms with Gasteiger partial charge < -0.3 is 15.2 Å². The lowest BCUT2D eigenvalue weighted by atomic mass is 9.97. The molecule has 5 nitrogen and oxygen atoms in total. The van der Waals surface area contributed by atoms with E-state index in [4.69, 9.17) is 0 Å². The third-order valence-corrected chi connectivity index (χ3v) is 3.06. The van der Waals surface area contributed by atoms with Crippen LogP contribution in [-0.4, -0.2) is 23.6 Å². The van der Waals surface area contributed by atoms with Crippen molar-refractivity contribution in [1.82, 2.24) is 9.88 Å². The van der Waals surface area contributed by atoms with E-state index in [1.54, 1.807) is 19.3 Å². The molecule has 1 amide bonds. The normalized spacial score (nSPS) is 16.8. The van der Waals surface area contributed by atoms with E-state index in [1.807, 2.05) is 0 Å². The third kappa shape index (κ3) is 2.94. The first-order valence-corrected chi connectivity index (χ1v) is 5.85. The molecule has 92 valence electrons. The maximum absolute atomic E-state index is 11.9. The SMILES string of the molecule is Cn1cc(NC(=O)C2CCNCC2)ccc1=O. The molecule has 1 aromatic rings. The summed E-state index contributed by atoms with van der Waals surface area (Å²) in [6.45, 7) is 1.79. The number of hydrogen-bond donors (Lipinski definition) is 2. The second kappa shape index (κ2) is 5.14. The number of aryl methyl sites for hydroxylation is 1. The Labute approximate surface area is 99.8 Å².